The summed E-state index contributed by atoms with van der Waals surface area (Å²) in [4.78, 5) is 13.3. The minimum Gasteiger partial charge on any atom is -0.341 e. The molecule has 0 unspecified atom stereocenters. The summed E-state index contributed by atoms with van der Waals surface area (Å²) in [5.41, 5.74) is 6.66. The SMILES string of the molecule is CCCCCCCCCCCCCCCCCCN1c2ccccc2CCc2cc(/C=C/C=O)ccc21. The van der Waals surface area contributed by atoms with E-state index < -0.39 is 0 Å². The zero-order valence-corrected chi connectivity index (χ0v) is 23.6. The van der Waals surface area contributed by atoms with Crippen molar-refractivity contribution >= 4 is 23.7 Å². The molecule has 0 aliphatic carbocycles. The number of anilines is 2. The van der Waals surface area contributed by atoms with Crippen molar-refractivity contribution in [3.63, 3.8) is 0 Å². The molecule has 0 radical (unpaired) electrons. The Hall–Kier alpha value is -2.35. The Morgan fingerprint density at radius 3 is 1.81 bits per heavy atom. The predicted octanol–water partition coefficient (Wildman–Crippen LogP) is 10.4. The first-order chi connectivity index (χ1) is 18.3. The molecule has 0 spiro atoms. The molecule has 0 saturated carbocycles. The van der Waals surface area contributed by atoms with E-state index in [1.165, 1.54) is 125 Å². The third-order valence-electron chi connectivity index (χ3n) is 7.94. The van der Waals surface area contributed by atoms with E-state index in [1.54, 1.807) is 6.08 Å². The molecule has 202 valence electrons. The van der Waals surface area contributed by atoms with Crippen LogP contribution in [-0.4, -0.2) is 12.8 Å². The quantitative estimate of drug-likeness (QED) is 0.108. The molecule has 3 rings (SSSR count). The highest BCUT2D eigenvalue weighted by molar-refractivity contribution is 5.76. The van der Waals surface area contributed by atoms with Crippen LogP contribution in [0.1, 0.15) is 126 Å². The maximum absolute atomic E-state index is 10.8. The van der Waals surface area contributed by atoms with E-state index in [-0.39, 0.29) is 0 Å². The van der Waals surface area contributed by atoms with Crippen LogP contribution in [0.2, 0.25) is 0 Å². The number of hydrogen-bond acceptors (Lipinski definition) is 2. The maximum Gasteiger partial charge on any atom is 0.142 e. The number of unbranched alkanes of at least 4 members (excludes halogenated alkanes) is 15. The fourth-order valence-corrected chi connectivity index (χ4v) is 5.77. The van der Waals surface area contributed by atoms with Crippen molar-refractivity contribution < 1.29 is 4.79 Å². The van der Waals surface area contributed by atoms with E-state index in [1.807, 2.05) is 6.08 Å². The Morgan fingerprint density at radius 2 is 1.19 bits per heavy atom. The van der Waals surface area contributed by atoms with Crippen LogP contribution in [0.3, 0.4) is 0 Å². The summed E-state index contributed by atoms with van der Waals surface area (Å²) in [7, 11) is 0. The van der Waals surface area contributed by atoms with Crippen molar-refractivity contribution in [2.24, 2.45) is 0 Å². The number of allylic oxidation sites excluding steroid dienone is 1. The van der Waals surface area contributed by atoms with Gasteiger partial charge in [0.2, 0.25) is 0 Å². The van der Waals surface area contributed by atoms with Gasteiger partial charge in [-0.05, 0) is 60.2 Å². The molecule has 2 aromatic rings. The first-order valence-electron chi connectivity index (χ1n) is 15.4. The van der Waals surface area contributed by atoms with Gasteiger partial charge in [-0.25, -0.2) is 0 Å². The molecule has 0 saturated heterocycles. The number of para-hydroxylation sites is 1. The average Bonchev–Trinajstić information content (AvgIpc) is 3.08. The van der Waals surface area contributed by atoms with Gasteiger partial charge in [0.05, 0.1) is 0 Å². The van der Waals surface area contributed by atoms with Gasteiger partial charge in [0, 0.05) is 17.9 Å². The third-order valence-corrected chi connectivity index (χ3v) is 7.94. The smallest absolute Gasteiger partial charge is 0.142 e. The second-order valence-electron chi connectivity index (χ2n) is 11.0. The van der Waals surface area contributed by atoms with Gasteiger partial charge in [0.1, 0.15) is 6.29 Å². The number of fused-ring (bicyclic) bond motifs is 2. The molecule has 0 bridgehead atoms. The first-order valence-corrected chi connectivity index (χ1v) is 15.4. The van der Waals surface area contributed by atoms with E-state index in [4.69, 9.17) is 0 Å². The van der Waals surface area contributed by atoms with Crippen molar-refractivity contribution in [2.75, 3.05) is 11.4 Å². The number of carbonyl (C=O) groups is 1. The number of benzene rings is 2. The number of rotatable bonds is 19. The van der Waals surface area contributed by atoms with Crippen LogP contribution >= 0.6 is 0 Å². The van der Waals surface area contributed by atoms with Crippen molar-refractivity contribution in [1.82, 2.24) is 0 Å². The molecular weight excluding hydrogens is 450 g/mol. The largest absolute Gasteiger partial charge is 0.341 e. The third kappa shape index (κ3) is 10.5. The first kappa shape index (κ1) is 29.2. The molecule has 1 heterocycles. The lowest BCUT2D eigenvalue weighted by Crippen LogP contribution is -2.19. The van der Waals surface area contributed by atoms with E-state index >= 15 is 0 Å². The van der Waals surface area contributed by atoms with Gasteiger partial charge < -0.3 is 4.90 Å². The zero-order chi connectivity index (χ0) is 26.0. The molecule has 1 aliphatic heterocycles. The molecule has 0 atom stereocenters. The summed E-state index contributed by atoms with van der Waals surface area (Å²) >= 11 is 0. The highest BCUT2D eigenvalue weighted by Crippen LogP contribution is 2.37. The number of aldehydes is 1. The molecule has 0 fully saturated rings. The Balaban J connectivity index is 1.34. The summed E-state index contributed by atoms with van der Waals surface area (Å²) in [5.74, 6) is 0. The van der Waals surface area contributed by atoms with Crippen LogP contribution in [0.4, 0.5) is 11.4 Å². The van der Waals surface area contributed by atoms with Gasteiger partial charge in [-0.15, -0.1) is 0 Å². The standard InChI is InChI=1S/C35H51NO/c1-2-3-4-5-6-7-8-9-10-11-12-13-14-15-16-19-28-36-34-23-18-17-22-32(34)25-26-33-30-31(21-20-29-37)24-27-35(33)36/h17-18,20-24,27,29-30H,2-16,19,25-26,28H2,1H3/b21-20+. The fourth-order valence-electron chi connectivity index (χ4n) is 5.77. The Morgan fingerprint density at radius 1 is 0.649 bits per heavy atom. The lowest BCUT2D eigenvalue weighted by Gasteiger charge is -2.27. The fraction of sp³-hybridized carbons (Fsp3) is 0.571. The normalized spacial score (nSPS) is 12.9. The molecule has 0 amide bonds. The Labute approximate surface area is 227 Å². The molecule has 0 aromatic heterocycles. The lowest BCUT2D eigenvalue weighted by atomic mass is 10.0. The highest BCUT2D eigenvalue weighted by atomic mass is 16.1. The van der Waals surface area contributed by atoms with Crippen molar-refractivity contribution in [2.45, 2.75) is 122 Å². The molecule has 0 N–H and O–H groups in total. The van der Waals surface area contributed by atoms with Gasteiger partial charge >= 0.3 is 0 Å². The summed E-state index contributed by atoms with van der Waals surface area (Å²) in [6, 6.07) is 15.6. The van der Waals surface area contributed by atoms with Crippen LogP contribution < -0.4 is 4.90 Å². The number of nitrogens with zero attached hydrogens (tertiary/aromatic N) is 1. The summed E-state index contributed by atoms with van der Waals surface area (Å²) in [5, 5.41) is 0. The van der Waals surface area contributed by atoms with Gasteiger partial charge in [-0.2, -0.15) is 0 Å². The number of aryl methyl sites for hydroxylation is 2. The maximum atomic E-state index is 10.8. The van der Waals surface area contributed by atoms with Gasteiger partial charge in [0.15, 0.2) is 0 Å². The lowest BCUT2D eigenvalue weighted by molar-refractivity contribution is -0.104. The Kier molecular flexibility index (Phi) is 14.2. The molecule has 2 aromatic carbocycles. The molecule has 1 aliphatic rings. The van der Waals surface area contributed by atoms with Crippen LogP contribution in [-0.2, 0) is 17.6 Å². The summed E-state index contributed by atoms with van der Waals surface area (Å²) in [6.45, 7) is 3.37. The monoisotopic (exact) mass is 501 g/mol. The van der Waals surface area contributed by atoms with Gasteiger partial charge in [-0.1, -0.05) is 134 Å². The minimum atomic E-state index is 0.852. The number of hydrogen-bond donors (Lipinski definition) is 0. The molecule has 37 heavy (non-hydrogen) atoms. The van der Waals surface area contributed by atoms with Crippen molar-refractivity contribution in [3.05, 3.63) is 65.2 Å². The summed E-state index contributed by atoms with van der Waals surface area (Å²) < 4.78 is 0. The highest BCUT2D eigenvalue weighted by Gasteiger charge is 2.20. The van der Waals surface area contributed by atoms with Crippen molar-refractivity contribution in [1.29, 1.82) is 0 Å². The Bertz CT molecular complexity index is 931. The second-order valence-corrected chi connectivity index (χ2v) is 11.0. The molecule has 2 nitrogen and oxygen atoms in total. The average molecular weight is 502 g/mol. The van der Waals surface area contributed by atoms with E-state index in [0.29, 0.717) is 0 Å². The minimum absolute atomic E-state index is 0.852. The topological polar surface area (TPSA) is 20.3 Å². The summed E-state index contributed by atoms with van der Waals surface area (Å²) in [6.07, 6.45) is 28.9. The van der Waals surface area contributed by atoms with E-state index in [2.05, 4.69) is 54.3 Å². The van der Waals surface area contributed by atoms with Gasteiger partial charge in [-0.3, -0.25) is 4.79 Å². The van der Waals surface area contributed by atoms with E-state index in [0.717, 1.165) is 31.2 Å². The molecule has 2 heteroatoms. The van der Waals surface area contributed by atoms with Crippen LogP contribution in [0.5, 0.6) is 0 Å². The van der Waals surface area contributed by atoms with Crippen LogP contribution in [0.25, 0.3) is 6.08 Å². The second kappa shape index (κ2) is 18.0. The van der Waals surface area contributed by atoms with Crippen LogP contribution in [0.15, 0.2) is 48.5 Å². The number of carbonyl (C=O) groups excluding carboxylic acids is 1. The predicted molar refractivity (Wildman–Crippen MR) is 162 cm³/mol. The molecular formula is C35H51NO. The van der Waals surface area contributed by atoms with Gasteiger partial charge in [0.25, 0.3) is 0 Å². The van der Waals surface area contributed by atoms with Crippen LogP contribution in [0, 0.1) is 0 Å². The van der Waals surface area contributed by atoms with Crippen molar-refractivity contribution in [3.8, 4) is 0 Å². The van der Waals surface area contributed by atoms with E-state index in [9.17, 15) is 4.79 Å². The zero-order valence-electron chi connectivity index (χ0n) is 23.6.